The van der Waals surface area contributed by atoms with E-state index in [0.717, 1.165) is 12.6 Å². The van der Waals surface area contributed by atoms with Crippen LogP contribution in [0.5, 0.6) is 0 Å². The largest absolute Gasteiger partial charge is 0.478 e. The summed E-state index contributed by atoms with van der Waals surface area (Å²) < 4.78 is 0. The van der Waals surface area contributed by atoms with Crippen molar-refractivity contribution in [2.75, 3.05) is 26.7 Å². The number of urea groups is 1. The van der Waals surface area contributed by atoms with Gasteiger partial charge in [0.25, 0.3) is 5.91 Å². The van der Waals surface area contributed by atoms with Gasteiger partial charge < -0.3 is 14.9 Å². The highest BCUT2D eigenvalue weighted by molar-refractivity contribution is 6.02. The van der Waals surface area contributed by atoms with Gasteiger partial charge in [0.2, 0.25) is 0 Å². The molecule has 1 rings (SSSR count). The molecule has 7 heteroatoms. The summed E-state index contributed by atoms with van der Waals surface area (Å²) >= 11 is 0. The molecular weight excluding hydrogens is 238 g/mol. The molecule has 0 aromatic heterocycles. The Labute approximate surface area is 105 Å². The van der Waals surface area contributed by atoms with Crippen LogP contribution in [0.3, 0.4) is 0 Å². The smallest absolute Gasteiger partial charge is 0.328 e. The third kappa shape index (κ3) is 4.17. The number of rotatable bonds is 2. The number of carbonyl (C=O) groups excluding carboxylic acids is 2. The molecule has 1 heterocycles. The number of amides is 3. The number of carboxylic acids is 1. The maximum Gasteiger partial charge on any atom is 0.328 e. The van der Waals surface area contributed by atoms with Crippen LogP contribution in [0.25, 0.3) is 0 Å². The summed E-state index contributed by atoms with van der Waals surface area (Å²) in [5, 5.41) is 10.5. The SMILES string of the molecule is CC1CN(C(=O)NC(=O)C=CC(=O)O)CCN1C. The third-order valence-electron chi connectivity index (χ3n) is 2.85. The molecule has 0 spiro atoms. The zero-order chi connectivity index (χ0) is 13.7. The number of piperazine rings is 1. The zero-order valence-corrected chi connectivity index (χ0v) is 10.4. The maximum absolute atomic E-state index is 11.7. The van der Waals surface area contributed by atoms with Crippen molar-refractivity contribution in [3.8, 4) is 0 Å². The van der Waals surface area contributed by atoms with Gasteiger partial charge in [0.1, 0.15) is 0 Å². The van der Waals surface area contributed by atoms with Crippen LogP contribution < -0.4 is 5.32 Å². The average Bonchev–Trinajstić information content (AvgIpc) is 2.30. The minimum absolute atomic E-state index is 0.231. The zero-order valence-electron chi connectivity index (χ0n) is 10.4. The van der Waals surface area contributed by atoms with E-state index < -0.39 is 17.9 Å². The number of hydrogen-bond acceptors (Lipinski definition) is 4. The van der Waals surface area contributed by atoms with E-state index in [2.05, 4.69) is 10.2 Å². The minimum atomic E-state index is -1.23. The molecule has 0 aromatic carbocycles. The fourth-order valence-corrected chi connectivity index (χ4v) is 1.61. The van der Waals surface area contributed by atoms with Gasteiger partial charge in [0, 0.05) is 37.8 Å². The molecular formula is C11H17N3O4. The number of carboxylic acid groups (broad SMARTS) is 1. The molecule has 7 nitrogen and oxygen atoms in total. The summed E-state index contributed by atoms with van der Waals surface area (Å²) in [6, 6.07) is -0.260. The fourth-order valence-electron chi connectivity index (χ4n) is 1.61. The fraction of sp³-hybridized carbons (Fsp3) is 0.545. The van der Waals surface area contributed by atoms with Gasteiger partial charge >= 0.3 is 12.0 Å². The number of nitrogens with zero attached hydrogens (tertiary/aromatic N) is 2. The maximum atomic E-state index is 11.7. The lowest BCUT2D eigenvalue weighted by Crippen LogP contribution is -2.55. The van der Waals surface area contributed by atoms with E-state index in [1.165, 1.54) is 4.90 Å². The Kier molecular flexibility index (Phi) is 4.85. The van der Waals surface area contributed by atoms with Gasteiger partial charge in [-0.05, 0) is 14.0 Å². The van der Waals surface area contributed by atoms with Gasteiger partial charge in [-0.2, -0.15) is 0 Å². The molecule has 1 aliphatic heterocycles. The van der Waals surface area contributed by atoms with E-state index in [9.17, 15) is 14.4 Å². The Bertz CT molecular complexity index is 380. The van der Waals surface area contributed by atoms with Crippen LogP contribution in [0.4, 0.5) is 4.79 Å². The number of hydrogen-bond donors (Lipinski definition) is 2. The first kappa shape index (κ1) is 14.2. The third-order valence-corrected chi connectivity index (χ3v) is 2.85. The Morgan fingerprint density at radius 2 is 1.94 bits per heavy atom. The quantitative estimate of drug-likeness (QED) is 0.649. The topological polar surface area (TPSA) is 90.0 Å². The second-order valence-corrected chi connectivity index (χ2v) is 4.24. The Morgan fingerprint density at radius 1 is 1.28 bits per heavy atom. The van der Waals surface area contributed by atoms with Gasteiger partial charge in [-0.25, -0.2) is 9.59 Å². The van der Waals surface area contributed by atoms with Gasteiger partial charge in [0.15, 0.2) is 0 Å². The lowest BCUT2D eigenvalue weighted by atomic mass is 10.2. The summed E-state index contributed by atoms with van der Waals surface area (Å²) in [5.41, 5.74) is 0. The summed E-state index contributed by atoms with van der Waals surface area (Å²) in [4.78, 5) is 36.8. The molecule has 3 amide bonds. The normalized spacial score (nSPS) is 21.0. The molecule has 1 aliphatic rings. The van der Waals surface area contributed by atoms with E-state index in [0.29, 0.717) is 19.2 Å². The van der Waals surface area contributed by atoms with Crippen LogP contribution in [0, 0.1) is 0 Å². The summed E-state index contributed by atoms with van der Waals surface area (Å²) in [6.45, 7) is 3.82. The molecule has 0 radical (unpaired) electrons. The van der Waals surface area contributed by atoms with E-state index in [-0.39, 0.29) is 6.04 Å². The molecule has 2 N–H and O–H groups in total. The highest BCUT2D eigenvalue weighted by Crippen LogP contribution is 2.06. The van der Waals surface area contributed by atoms with E-state index in [4.69, 9.17) is 5.11 Å². The van der Waals surface area contributed by atoms with Gasteiger partial charge in [0.05, 0.1) is 0 Å². The predicted molar refractivity (Wildman–Crippen MR) is 64.0 cm³/mol. The second-order valence-electron chi connectivity index (χ2n) is 4.24. The summed E-state index contributed by atoms with van der Waals surface area (Å²) in [7, 11) is 1.97. The van der Waals surface area contributed by atoms with Crippen LogP contribution >= 0.6 is 0 Å². The van der Waals surface area contributed by atoms with E-state index in [1.54, 1.807) is 0 Å². The molecule has 0 aromatic rings. The first-order valence-corrected chi connectivity index (χ1v) is 5.61. The standard InChI is InChI=1S/C11H17N3O4/c1-8-7-14(6-5-13(8)2)11(18)12-9(15)3-4-10(16)17/h3-4,8H,5-7H2,1-2H3,(H,16,17)(H,12,15,18). The van der Waals surface area contributed by atoms with Crippen molar-refractivity contribution >= 4 is 17.9 Å². The lowest BCUT2D eigenvalue weighted by Gasteiger charge is -2.37. The molecule has 1 unspecified atom stereocenters. The number of carbonyl (C=O) groups is 3. The van der Waals surface area contributed by atoms with Gasteiger partial charge in [-0.15, -0.1) is 0 Å². The summed E-state index contributed by atoms with van der Waals surface area (Å²) in [6.07, 6.45) is 1.51. The number of imide groups is 1. The molecule has 100 valence electrons. The molecule has 1 saturated heterocycles. The monoisotopic (exact) mass is 255 g/mol. The van der Waals surface area contributed by atoms with Crippen molar-refractivity contribution in [3.63, 3.8) is 0 Å². The van der Waals surface area contributed by atoms with Crippen molar-refractivity contribution in [2.24, 2.45) is 0 Å². The number of aliphatic carboxylic acids is 1. The lowest BCUT2D eigenvalue weighted by molar-refractivity contribution is -0.131. The Balaban J connectivity index is 2.46. The van der Waals surface area contributed by atoms with Gasteiger partial charge in [-0.1, -0.05) is 0 Å². The first-order valence-electron chi connectivity index (χ1n) is 5.61. The molecule has 0 saturated carbocycles. The van der Waals surface area contributed by atoms with Crippen LogP contribution in [0.2, 0.25) is 0 Å². The first-order chi connectivity index (χ1) is 8.40. The highest BCUT2D eigenvalue weighted by atomic mass is 16.4. The van der Waals surface area contributed by atoms with Crippen LogP contribution in [-0.2, 0) is 9.59 Å². The predicted octanol–water partition coefficient (Wildman–Crippen LogP) is -0.501. The van der Waals surface area contributed by atoms with Crippen LogP contribution in [0.1, 0.15) is 6.92 Å². The Morgan fingerprint density at radius 3 is 2.50 bits per heavy atom. The van der Waals surface area contributed by atoms with Crippen molar-refractivity contribution in [2.45, 2.75) is 13.0 Å². The number of nitrogens with one attached hydrogen (secondary N) is 1. The van der Waals surface area contributed by atoms with Crippen molar-refractivity contribution in [3.05, 3.63) is 12.2 Å². The van der Waals surface area contributed by atoms with Crippen LogP contribution in [0.15, 0.2) is 12.2 Å². The van der Waals surface area contributed by atoms with Gasteiger partial charge in [-0.3, -0.25) is 10.1 Å². The Hall–Kier alpha value is -1.89. The van der Waals surface area contributed by atoms with E-state index in [1.807, 2.05) is 14.0 Å². The highest BCUT2D eigenvalue weighted by Gasteiger charge is 2.24. The second kappa shape index (κ2) is 6.15. The average molecular weight is 255 g/mol. The minimum Gasteiger partial charge on any atom is -0.478 e. The van der Waals surface area contributed by atoms with Crippen molar-refractivity contribution in [1.82, 2.24) is 15.1 Å². The molecule has 18 heavy (non-hydrogen) atoms. The number of likely N-dealkylation sites (N-methyl/N-ethyl adjacent to an activating group) is 1. The molecule has 0 bridgehead atoms. The van der Waals surface area contributed by atoms with Crippen LogP contribution in [-0.4, -0.2) is 65.5 Å². The van der Waals surface area contributed by atoms with E-state index >= 15 is 0 Å². The molecule has 1 atom stereocenters. The molecule has 1 fully saturated rings. The molecule has 0 aliphatic carbocycles. The van der Waals surface area contributed by atoms with Crippen molar-refractivity contribution in [1.29, 1.82) is 0 Å². The summed E-state index contributed by atoms with van der Waals surface area (Å²) in [5.74, 6) is -1.96. The van der Waals surface area contributed by atoms with Crippen molar-refractivity contribution < 1.29 is 19.5 Å².